The number of halogens is 2. The number of benzene rings is 1. The van der Waals surface area contributed by atoms with Gasteiger partial charge in [-0.15, -0.1) is 0 Å². The molecular formula is C23H24F2N4O3. The number of fused-ring (bicyclic) bond motifs is 1. The molecule has 1 aromatic heterocycles. The number of nitrogens with zero attached hydrogens (tertiary/aromatic N) is 1. The molecule has 0 saturated carbocycles. The number of hydrogen-bond donors (Lipinski definition) is 3. The van der Waals surface area contributed by atoms with Crippen LogP contribution in [0.15, 0.2) is 48.7 Å². The summed E-state index contributed by atoms with van der Waals surface area (Å²) in [6.45, 7) is 0. The van der Waals surface area contributed by atoms with Crippen LogP contribution in [0.4, 0.5) is 8.78 Å². The lowest BCUT2D eigenvalue weighted by Gasteiger charge is -2.25. The highest BCUT2D eigenvalue weighted by molar-refractivity contribution is 5.85. The van der Waals surface area contributed by atoms with Crippen LogP contribution < -0.4 is 16.0 Å². The van der Waals surface area contributed by atoms with E-state index in [1.165, 1.54) is 18.3 Å². The summed E-state index contributed by atoms with van der Waals surface area (Å²) in [5, 5.41) is 8.13. The van der Waals surface area contributed by atoms with Gasteiger partial charge in [0.05, 0.1) is 12.1 Å². The molecule has 1 saturated heterocycles. The molecule has 3 N–H and O–H groups in total. The Hall–Kier alpha value is -3.36. The van der Waals surface area contributed by atoms with E-state index in [1.54, 1.807) is 12.1 Å². The van der Waals surface area contributed by atoms with Crippen molar-refractivity contribution in [1.29, 1.82) is 0 Å². The molecule has 32 heavy (non-hydrogen) atoms. The van der Waals surface area contributed by atoms with E-state index in [9.17, 15) is 23.2 Å². The van der Waals surface area contributed by atoms with Gasteiger partial charge in [0.1, 0.15) is 5.69 Å². The highest BCUT2D eigenvalue weighted by Crippen LogP contribution is 2.34. The van der Waals surface area contributed by atoms with Crippen molar-refractivity contribution >= 4 is 17.7 Å². The molecule has 7 nitrogen and oxygen atoms in total. The maximum absolute atomic E-state index is 14.7. The predicted molar refractivity (Wildman–Crippen MR) is 111 cm³/mol. The average molecular weight is 442 g/mol. The molecule has 3 amide bonds. The van der Waals surface area contributed by atoms with E-state index in [2.05, 4.69) is 20.9 Å². The zero-order valence-electron chi connectivity index (χ0n) is 17.3. The van der Waals surface area contributed by atoms with Crippen molar-refractivity contribution in [1.82, 2.24) is 20.9 Å². The Morgan fingerprint density at radius 3 is 2.62 bits per heavy atom. The van der Waals surface area contributed by atoms with Crippen molar-refractivity contribution in [2.75, 3.05) is 0 Å². The Morgan fingerprint density at radius 2 is 1.91 bits per heavy atom. The minimum Gasteiger partial charge on any atom is -0.353 e. The summed E-state index contributed by atoms with van der Waals surface area (Å²) in [5.41, 5.74) is 0.946. The first-order valence-corrected chi connectivity index (χ1v) is 10.6. The summed E-state index contributed by atoms with van der Waals surface area (Å²) in [6.07, 6.45) is 3.49. The van der Waals surface area contributed by atoms with Gasteiger partial charge in [0.2, 0.25) is 11.8 Å². The largest absolute Gasteiger partial charge is 0.366 e. The van der Waals surface area contributed by atoms with E-state index in [-0.39, 0.29) is 24.3 Å². The minimum atomic E-state index is -3.81. The monoisotopic (exact) mass is 442 g/mol. The Morgan fingerprint density at radius 1 is 1.12 bits per heavy atom. The number of nitrogens with one attached hydrogen (secondary N) is 3. The van der Waals surface area contributed by atoms with Crippen LogP contribution in [0.3, 0.4) is 0 Å². The number of pyridine rings is 1. The molecule has 1 aliphatic carbocycles. The summed E-state index contributed by atoms with van der Waals surface area (Å²) < 4.78 is 29.4. The highest BCUT2D eigenvalue weighted by Gasteiger charge is 2.45. The third-order valence-corrected chi connectivity index (χ3v) is 5.94. The van der Waals surface area contributed by atoms with Crippen LogP contribution in [0.1, 0.15) is 48.5 Å². The fourth-order valence-electron chi connectivity index (χ4n) is 4.28. The number of hydrogen-bond acceptors (Lipinski definition) is 4. The maximum Gasteiger partial charge on any atom is 0.366 e. The van der Waals surface area contributed by atoms with Crippen molar-refractivity contribution in [3.63, 3.8) is 0 Å². The Labute approximate surface area is 184 Å². The zero-order chi connectivity index (χ0) is 22.7. The van der Waals surface area contributed by atoms with Gasteiger partial charge in [0.15, 0.2) is 0 Å². The van der Waals surface area contributed by atoms with Crippen molar-refractivity contribution in [2.24, 2.45) is 0 Å². The molecule has 4 rings (SSSR count). The van der Waals surface area contributed by atoms with Gasteiger partial charge in [0.25, 0.3) is 5.91 Å². The third-order valence-electron chi connectivity index (χ3n) is 5.94. The van der Waals surface area contributed by atoms with Crippen LogP contribution in [-0.2, 0) is 26.7 Å². The average Bonchev–Trinajstić information content (AvgIpc) is 3.36. The number of amides is 3. The molecule has 9 heteroatoms. The first-order chi connectivity index (χ1) is 15.3. The summed E-state index contributed by atoms with van der Waals surface area (Å²) in [6, 6.07) is 9.83. The second kappa shape index (κ2) is 9.02. The van der Waals surface area contributed by atoms with Gasteiger partial charge >= 0.3 is 5.92 Å². The van der Waals surface area contributed by atoms with Crippen molar-refractivity contribution < 1.29 is 23.2 Å². The van der Waals surface area contributed by atoms with Crippen molar-refractivity contribution in [2.45, 2.75) is 56.2 Å². The first kappa shape index (κ1) is 21.9. The van der Waals surface area contributed by atoms with E-state index in [0.717, 1.165) is 11.6 Å². The van der Waals surface area contributed by atoms with Crippen LogP contribution in [0.25, 0.3) is 0 Å². The lowest BCUT2D eigenvalue weighted by molar-refractivity contribution is -0.148. The summed E-state index contributed by atoms with van der Waals surface area (Å²) >= 11 is 0. The van der Waals surface area contributed by atoms with Crippen LogP contribution in [-0.4, -0.2) is 34.8 Å². The first-order valence-electron chi connectivity index (χ1n) is 10.6. The molecular weight excluding hydrogens is 418 g/mol. The van der Waals surface area contributed by atoms with Gasteiger partial charge in [-0.25, -0.2) is 0 Å². The van der Waals surface area contributed by atoms with E-state index in [4.69, 9.17) is 0 Å². The molecule has 2 aliphatic rings. The number of rotatable bonds is 7. The highest BCUT2D eigenvalue weighted by atomic mass is 19.3. The number of carbonyl (C=O) groups is 3. The molecule has 2 aromatic rings. The molecule has 0 radical (unpaired) electrons. The van der Waals surface area contributed by atoms with Crippen LogP contribution in [0.2, 0.25) is 0 Å². The molecule has 3 atom stereocenters. The van der Waals surface area contributed by atoms with E-state index >= 15 is 0 Å². The smallest absolute Gasteiger partial charge is 0.353 e. The van der Waals surface area contributed by atoms with Crippen molar-refractivity contribution in [3.8, 4) is 0 Å². The Balaban J connectivity index is 1.44. The number of carbonyl (C=O) groups excluding carboxylic acids is 3. The van der Waals surface area contributed by atoms with Crippen LogP contribution >= 0.6 is 0 Å². The third kappa shape index (κ3) is 4.61. The fourth-order valence-corrected chi connectivity index (χ4v) is 4.28. The molecule has 168 valence electrons. The summed E-state index contributed by atoms with van der Waals surface area (Å²) in [5.74, 6) is -5.54. The van der Waals surface area contributed by atoms with Gasteiger partial charge in [0, 0.05) is 25.1 Å². The number of alkyl halides is 2. The number of aromatic nitrogens is 1. The molecule has 0 spiro atoms. The Kier molecular flexibility index (Phi) is 6.16. The molecule has 1 aliphatic heterocycles. The lowest BCUT2D eigenvalue weighted by atomic mass is 10.0. The molecule has 1 unspecified atom stereocenters. The lowest BCUT2D eigenvalue weighted by Crippen LogP contribution is -2.48. The zero-order valence-corrected chi connectivity index (χ0v) is 17.3. The predicted octanol–water partition coefficient (Wildman–Crippen LogP) is 2.13. The molecule has 1 aromatic carbocycles. The topological polar surface area (TPSA) is 100 Å². The van der Waals surface area contributed by atoms with Gasteiger partial charge in [-0.3, -0.25) is 19.4 Å². The van der Waals surface area contributed by atoms with Crippen molar-refractivity contribution in [3.05, 3.63) is 65.5 Å². The minimum absolute atomic E-state index is 0.0155. The van der Waals surface area contributed by atoms with Crippen LogP contribution in [0.5, 0.6) is 0 Å². The molecule has 2 heterocycles. The normalized spacial score (nSPS) is 22.2. The molecule has 0 bridgehead atoms. The van der Waals surface area contributed by atoms with Gasteiger partial charge in [-0.05, 0) is 42.5 Å². The summed E-state index contributed by atoms with van der Waals surface area (Å²) in [7, 11) is 0. The fraction of sp³-hybridized carbons (Fsp3) is 0.391. The van der Waals surface area contributed by atoms with Gasteiger partial charge in [-0.2, -0.15) is 8.78 Å². The second-order valence-corrected chi connectivity index (χ2v) is 8.16. The van der Waals surface area contributed by atoms with Crippen LogP contribution in [0, 0.1) is 0 Å². The quantitative estimate of drug-likeness (QED) is 0.612. The Bertz CT molecular complexity index is 1020. The van der Waals surface area contributed by atoms with Gasteiger partial charge in [-0.1, -0.05) is 30.3 Å². The summed E-state index contributed by atoms with van der Waals surface area (Å²) in [4.78, 5) is 40.0. The SMILES string of the molecule is O=C1CCC(CCC(=O)N[C@@H]2Cc3ccccc3[C@H]2NC(=O)C(F)(F)c2ccccn2)N1. The van der Waals surface area contributed by atoms with E-state index in [1.807, 2.05) is 12.1 Å². The second-order valence-electron chi connectivity index (χ2n) is 8.16. The standard InChI is InChI=1S/C23H24F2N4O3/c24-23(25,18-7-3-4-12-26-18)22(32)29-21-16-6-2-1-5-14(16)13-17(21)28-20(31)11-9-15-8-10-19(30)27-15/h1-7,12,15,17,21H,8-11,13H2,(H,27,30)(H,28,31)(H,29,32)/t15?,17-,21-/m1/s1. The van der Waals surface area contributed by atoms with Gasteiger partial charge < -0.3 is 16.0 Å². The molecule has 1 fully saturated rings. The van der Waals surface area contributed by atoms with E-state index in [0.29, 0.717) is 31.2 Å². The van der Waals surface area contributed by atoms with E-state index < -0.39 is 29.6 Å². The maximum atomic E-state index is 14.7.